The number of nitrogen functional groups attached to an aromatic ring is 1. The van der Waals surface area contributed by atoms with Gasteiger partial charge in [-0.1, -0.05) is 25.1 Å². The van der Waals surface area contributed by atoms with Crippen LogP contribution in [0, 0.1) is 0 Å². The minimum atomic E-state index is 0.345. The molecule has 1 unspecified atom stereocenters. The van der Waals surface area contributed by atoms with E-state index in [1.165, 1.54) is 0 Å². The standard InChI is InChI=1S/C16H24N4O/c1-4-20(12(2)11-21-3)10-14-9-13-7-5-6-8-15(13)18-16(14)19-17/h5-9,12H,4,10-11,17H2,1-3H3,(H,18,19). The van der Waals surface area contributed by atoms with Crippen LogP contribution in [0.2, 0.25) is 0 Å². The highest BCUT2D eigenvalue weighted by molar-refractivity contribution is 5.81. The fourth-order valence-electron chi connectivity index (χ4n) is 2.55. The highest BCUT2D eigenvalue weighted by atomic mass is 16.5. The molecule has 5 nitrogen and oxygen atoms in total. The van der Waals surface area contributed by atoms with Gasteiger partial charge in [0.1, 0.15) is 5.82 Å². The molecule has 0 bridgehead atoms. The Labute approximate surface area is 126 Å². The van der Waals surface area contributed by atoms with Crippen molar-refractivity contribution in [3.63, 3.8) is 0 Å². The molecule has 2 aromatic rings. The van der Waals surface area contributed by atoms with E-state index in [0.29, 0.717) is 12.6 Å². The highest BCUT2D eigenvalue weighted by Gasteiger charge is 2.15. The highest BCUT2D eigenvalue weighted by Crippen LogP contribution is 2.22. The number of nitrogens with two attached hydrogens (primary N) is 1. The van der Waals surface area contributed by atoms with E-state index in [0.717, 1.165) is 35.4 Å². The number of hydrogen-bond donors (Lipinski definition) is 2. The van der Waals surface area contributed by atoms with E-state index in [4.69, 9.17) is 10.6 Å². The Kier molecular flexibility index (Phi) is 5.50. The molecule has 0 aliphatic heterocycles. The number of rotatable bonds is 7. The molecule has 0 radical (unpaired) electrons. The fraction of sp³-hybridized carbons (Fsp3) is 0.438. The van der Waals surface area contributed by atoms with Crippen molar-refractivity contribution in [2.24, 2.45) is 5.84 Å². The van der Waals surface area contributed by atoms with Gasteiger partial charge in [0.2, 0.25) is 0 Å². The van der Waals surface area contributed by atoms with Gasteiger partial charge in [-0.15, -0.1) is 0 Å². The van der Waals surface area contributed by atoms with E-state index in [9.17, 15) is 0 Å². The van der Waals surface area contributed by atoms with Crippen molar-refractivity contribution in [2.75, 3.05) is 25.7 Å². The van der Waals surface area contributed by atoms with Crippen molar-refractivity contribution in [2.45, 2.75) is 26.4 Å². The predicted octanol–water partition coefficient (Wildman–Crippen LogP) is 2.38. The Morgan fingerprint density at radius 2 is 2.14 bits per heavy atom. The van der Waals surface area contributed by atoms with Crippen LogP contribution in [0.15, 0.2) is 30.3 Å². The lowest BCUT2D eigenvalue weighted by Gasteiger charge is -2.28. The van der Waals surface area contributed by atoms with E-state index in [1.54, 1.807) is 7.11 Å². The lowest BCUT2D eigenvalue weighted by molar-refractivity contribution is 0.0983. The van der Waals surface area contributed by atoms with Crippen molar-refractivity contribution in [3.05, 3.63) is 35.9 Å². The molecular weight excluding hydrogens is 264 g/mol. The maximum Gasteiger partial charge on any atom is 0.145 e. The number of nitrogens with one attached hydrogen (secondary N) is 1. The van der Waals surface area contributed by atoms with Gasteiger partial charge in [-0.3, -0.25) is 4.90 Å². The number of ether oxygens (including phenoxy) is 1. The summed E-state index contributed by atoms with van der Waals surface area (Å²) in [6.07, 6.45) is 0. The number of para-hydroxylation sites is 1. The van der Waals surface area contributed by atoms with Crippen LogP contribution in [0.25, 0.3) is 10.9 Å². The van der Waals surface area contributed by atoms with Crippen LogP contribution in [0.1, 0.15) is 19.4 Å². The Morgan fingerprint density at radius 3 is 2.81 bits per heavy atom. The van der Waals surface area contributed by atoms with E-state index >= 15 is 0 Å². The SMILES string of the molecule is CCN(Cc1cc2ccccc2nc1NN)C(C)COC. The van der Waals surface area contributed by atoms with Gasteiger partial charge in [-0.05, 0) is 25.6 Å². The number of hydrazine groups is 1. The molecule has 0 aliphatic carbocycles. The normalized spacial score (nSPS) is 12.8. The molecule has 1 aromatic carbocycles. The Bertz CT molecular complexity index is 587. The number of benzene rings is 1. The monoisotopic (exact) mass is 288 g/mol. The second-order valence-electron chi connectivity index (χ2n) is 5.20. The largest absolute Gasteiger partial charge is 0.383 e. The summed E-state index contributed by atoms with van der Waals surface area (Å²) in [7, 11) is 1.73. The van der Waals surface area contributed by atoms with E-state index in [2.05, 4.69) is 41.3 Å². The lowest BCUT2D eigenvalue weighted by atomic mass is 10.1. The van der Waals surface area contributed by atoms with Crippen molar-refractivity contribution in [1.29, 1.82) is 0 Å². The zero-order chi connectivity index (χ0) is 15.2. The minimum Gasteiger partial charge on any atom is -0.383 e. The van der Waals surface area contributed by atoms with Crippen molar-refractivity contribution in [3.8, 4) is 0 Å². The van der Waals surface area contributed by atoms with E-state index in [-0.39, 0.29) is 0 Å². The van der Waals surface area contributed by atoms with Crippen LogP contribution >= 0.6 is 0 Å². The maximum absolute atomic E-state index is 5.64. The summed E-state index contributed by atoms with van der Waals surface area (Å²) in [6, 6.07) is 10.6. The van der Waals surface area contributed by atoms with Crippen LogP contribution in [-0.4, -0.2) is 36.2 Å². The minimum absolute atomic E-state index is 0.345. The first-order valence-corrected chi connectivity index (χ1v) is 7.27. The van der Waals surface area contributed by atoms with Crippen LogP contribution in [0.5, 0.6) is 0 Å². The second-order valence-corrected chi connectivity index (χ2v) is 5.20. The molecule has 0 saturated carbocycles. The number of anilines is 1. The molecule has 1 heterocycles. The molecule has 0 fully saturated rings. The average Bonchev–Trinajstić information content (AvgIpc) is 2.51. The lowest BCUT2D eigenvalue weighted by Crippen LogP contribution is -2.35. The van der Waals surface area contributed by atoms with Crippen molar-refractivity contribution >= 4 is 16.7 Å². The Balaban J connectivity index is 2.31. The molecular formula is C16H24N4O. The first kappa shape index (κ1) is 15.7. The summed E-state index contributed by atoms with van der Waals surface area (Å²) in [6.45, 7) is 6.76. The zero-order valence-electron chi connectivity index (χ0n) is 13.0. The van der Waals surface area contributed by atoms with Crippen LogP contribution in [-0.2, 0) is 11.3 Å². The molecule has 0 amide bonds. The van der Waals surface area contributed by atoms with E-state index < -0.39 is 0 Å². The predicted molar refractivity (Wildman–Crippen MR) is 87.0 cm³/mol. The molecule has 0 spiro atoms. The smallest absolute Gasteiger partial charge is 0.145 e. The summed E-state index contributed by atoms with van der Waals surface area (Å²) in [4.78, 5) is 6.94. The zero-order valence-corrected chi connectivity index (χ0v) is 13.0. The Morgan fingerprint density at radius 1 is 1.38 bits per heavy atom. The van der Waals surface area contributed by atoms with Gasteiger partial charge in [-0.25, -0.2) is 10.8 Å². The molecule has 1 atom stereocenters. The van der Waals surface area contributed by atoms with Gasteiger partial charge in [0.25, 0.3) is 0 Å². The van der Waals surface area contributed by atoms with Gasteiger partial charge < -0.3 is 10.2 Å². The average molecular weight is 288 g/mol. The summed E-state index contributed by atoms with van der Waals surface area (Å²) in [5.74, 6) is 6.37. The number of aromatic nitrogens is 1. The molecule has 2 rings (SSSR count). The summed E-state index contributed by atoms with van der Waals surface area (Å²) in [5.41, 5.74) is 4.76. The molecule has 5 heteroatoms. The number of nitrogens with zero attached hydrogens (tertiary/aromatic N) is 2. The molecule has 0 saturated heterocycles. The van der Waals surface area contributed by atoms with E-state index in [1.807, 2.05) is 18.2 Å². The third-order valence-corrected chi connectivity index (χ3v) is 3.75. The number of pyridine rings is 1. The van der Waals surface area contributed by atoms with Gasteiger partial charge >= 0.3 is 0 Å². The van der Waals surface area contributed by atoms with Crippen LogP contribution in [0.3, 0.4) is 0 Å². The van der Waals surface area contributed by atoms with Crippen molar-refractivity contribution < 1.29 is 4.74 Å². The summed E-state index contributed by atoms with van der Waals surface area (Å²) < 4.78 is 5.25. The number of fused-ring (bicyclic) bond motifs is 1. The summed E-state index contributed by atoms with van der Waals surface area (Å²) >= 11 is 0. The van der Waals surface area contributed by atoms with Gasteiger partial charge in [0, 0.05) is 30.6 Å². The molecule has 114 valence electrons. The quantitative estimate of drug-likeness (QED) is 0.605. The number of likely N-dealkylation sites (N-methyl/N-ethyl adjacent to an activating group) is 1. The number of hydrogen-bond acceptors (Lipinski definition) is 5. The number of methoxy groups -OCH3 is 1. The van der Waals surface area contributed by atoms with Crippen LogP contribution in [0.4, 0.5) is 5.82 Å². The summed E-state index contributed by atoms with van der Waals surface area (Å²) in [5, 5.41) is 1.13. The van der Waals surface area contributed by atoms with Crippen LogP contribution < -0.4 is 11.3 Å². The molecule has 21 heavy (non-hydrogen) atoms. The van der Waals surface area contributed by atoms with Gasteiger partial charge in [0.15, 0.2) is 0 Å². The van der Waals surface area contributed by atoms with Gasteiger partial charge in [-0.2, -0.15) is 0 Å². The third kappa shape index (κ3) is 3.69. The molecule has 0 aliphatic rings. The first-order valence-electron chi connectivity index (χ1n) is 7.27. The maximum atomic E-state index is 5.64. The van der Waals surface area contributed by atoms with Crippen molar-refractivity contribution in [1.82, 2.24) is 9.88 Å². The topological polar surface area (TPSA) is 63.4 Å². The molecule has 1 aromatic heterocycles. The third-order valence-electron chi connectivity index (χ3n) is 3.75. The Hall–Kier alpha value is -1.69. The molecule has 3 N–H and O–H groups in total. The van der Waals surface area contributed by atoms with Gasteiger partial charge in [0.05, 0.1) is 12.1 Å². The first-order chi connectivity index (χ1) is 10.2. The second kappa shape index (κ2) is 7.36. The fourth-order valence-corrected chi connectivity index (χ4v) is 2.55.